The molecular formula is C22H22N4O3. The van der Waals surface area contributed by atoms with Crippen molar-refractivity contribution in [2.24, 2.45) is 5.10 Å². The van der Waals surface area contributed by atoms with Crippen LogP contribution in [0.15, 0.2) is 65.3 Å². The molecule has 1 aromatic heterocycles. The van der Waals surface area contributed by atoms with E-state index in [1.54, 1.807) is 38.6 Å². The zero-order valence-electron chi connectivity index (χ0n) is 16.5. The molecule has 0 atom stereocenters. The van der Waals surface area contributed by atoms with Crippen LogP contribution in [0.3, 0.4) is 0 Å². The summed E-state index contributed by atoms with van der Waals surface area (Å²) in [5.41, 5.74) is 6.18. The van der Waals surface area contributed by atoms with E-state index < -0.39 is 0 Å². The number of carbonyl (C=O) groups is 1. The fourth-order valence-corrected chi connectivity index (χ4v) is 2.68. The molecule has 0 saturated heterocycles. The molecule has 7 nitrogen and oxygen atoms in total. The summed E-state index contributed by atoms with van der Waals surface area (Å²) in [7, 11) is 3.14. The average molecular weight is 390 g/mol. The zero-order chi connectivity index (χ0) is 20.6. The van der Waals surface area contributed by atoms with Crippen molar-refractivity contribution >= 4 is 18.2 Å². The summed E-state index contributed by atoms with van der Waals surface area (Å²) in [5, 5.41) is 10.9. The van der Waals surface area contributed by atoms with Crippen molar-refractivity contribution in [3.8, 4) is 22.8 Å². The number of aromatic amines is 1. The first kappa shape index (κ1) is 19.9. The van der Waals surface area contributed by atoms with E-state index in [4.69, 9.17) is 9.47 Å². The Balaban J connectivity index is 1.66. The molecule has 0 spiro atoms. The maximum atomic E-state index is 12.3. The Kier molecular flexibility index (Phi) is 6.42. The Morgan fingerprint density at radius 3 is 2.55 bits per heavy atom. The van der Waals surface area contributed by atoms with Gasteiger partial charge in [0.2, 0.25) is 0 Å². The summed E-state index contributed by atoms with van der Waals surface area (Å²) in [6.45, 7) is 1.91. The highest BCUT2D eigenvalue weighted by molar-refractivity contribution is 5.94. The normalized spacial score (nSPS) is 11.5. The van der Waals surface area contributed by atoms with E-state index in [0.29, 0.717) is 22.9 Å². The number of nitrogens with zero attached hydrogens (tertiary/aromatic N) is 2. The first-order chi connectivity index (χ1) is 14.1. The first-order valence-electron chi connectivity index (χ1n) is 8.95. The second-order valence-electron chi connectivity index (χ2n) is 6.23. The van der Waals surface area contributed by atoms with Gasteiger partial charge in [-0.1, -0.05) is 36.4 Å². The zero-order valence-corrected chi connectivity index (χ0v) is 16.5. The Bertz CT molecular complexity index is 1040. The van der Waals surface area contributed by atoms with Gasteiger partial charge in [-0.15, -0.1) is 0 Å². The van der Waals surface area contributed by atoms with Gasteiger partial charge in [0, 0.05) is 5.56 Å². The lowest BCUT2D eigenvalue weighted by molar-refractivity contribution is 0.0950. The molecular weight excluding hydrogens is 368 g/mol. The van der Waals surface area contributed by atoms with Crippen LogP contribution in [-0.4, -0.2) is 36.5 Å². The average Bonchev–Trinajstić information content (AvgIpc) is 3.24. The number of aromatic nitrogens is 2. The number of carbonyl (C=O) groups excluding carboxylic acids is 1. The molecule has 0 unspecified atom stereocenters. The highest BCUT2D eigenvalue weighted by Gasteiger charge is 2.12. The van der Waals surface area contributed by atoms with Gasteiger partial charge in [0.15, 0.2) is 11.5 Å². The number of ether oxygens (including phenoxy) is 2. The Labute approximate surface area is 169 Å². The smallest absolute Gasteiger partial charge is 0.289 e. The van der Waals surface area contributed by atoms with Crippen LogP contribution in [0.4, 0.5) is 0 Å². The SMILES string of the molecule is COc1ccc(-c2cc(C(=O)N/N=C\C(C)=C\c3ccccc3)[nH]n2)cc1OC. The third-order valence-electron chi connectivity index (χ3n) is 4.13. The maximum absolute atomic E-state index is 12.3. The van der Waals surface area contributed by atoms with Gasteiger partial charge in [0.25, 0.3) is 5.91 Å². The highest BCUT2D eigenvalue weighted by atomic mass is 16.5. The summed E-state index contributed by atoms with van der Waals surface area (Å²) in [4.78, 5) is 12.3. The quantitative estimate of drug-likeness (QED) is 0.473. The minimum atomic E-state index is -0.381. The van der Waals surface area contributed by atoms with E-state index in [0.717, 1.165) is 16.7 Å². The third-order valence-corrected chi connectivity index (χ3v) is 4.13. The summed E-state index contributed by atoms with van der Waals surface area (Å²) in [6, 6.07) is 17.0. The van der Waals surface area contributed by atoms with Crippen LogP contribution in [-0.2, 0) is 0 Å². The lowest BCUT2D eigenvalue weighted by Crippen LogP contribution is -2.17. The van der Waals surface area contributed by atoms with E-state index in [-0.39, 0.29) is 5.91 Å². The van der Waals surface area contributed by atoms with Crippen LogP contribution in [0.5, 0.6) is 11.5 Å². The van der Waals surface area contributed by atoms with Crippen LogP contribution in [0.2, 0.25) is 0 Å². The minimum absolute atomic E-state index is 0.302. The van der Waals surface area contributed by atoms with Gasteiger partial charge in [0.1, 0.15) is 5.69 Å². The van der Waals surface area contributed by atoms with Crippen molar-refractivity contribution in [1.29, 1.82) is 0 Å². The van der Waals surface area contributed by atoms with Crippen molar-refractivity contribution in [2.75, 3.05) is 14.2 Å². The molecule has 7 heteroatoms. The summed E-state index contributed by atoms with van der Waals surface area (Å²) in [5.74, 6) is 0.829. The molecule has 0 radical (unpaired) electrons. The Morgan fingerprint density at radius 1 is 1.07 bits per heavy atom. The summed E-state index contributed by atoms with van der Waals surface area (Å²) >= 11 is 0. The number of amides is 1. The molecule has 0 aliphatic heterocycles. The van der Waals surface area contributed by atoms with Crippen LogP contribution in [0.25, 0.3) is 17.3 Å². The lowest BCUT2D eigenvalue weighted by atomic mass is 10.1. The number of hydrogen-bond acceptors (Lipinski definition) is 5. The van der Waals surface area contributed by atoms with E-state index in [2.05, 4.69) is 20.7 Å². The molecule has 0 saturated carbocycles. The van der Waals surface area contributed by atoms with Crippen LogP contribution < -0.4 is 14.9 Å². The largest absolute Gasteiger partial charge is 0.493 e. The van der Waals surface area contributed by atoms with Crippen molar-refractivity contribution < 1.29 is 14.3 Å². The fraction of sp³-hybridized carbons (Fsp3) is 0.136. The molecule has 1 heterocycles. The predicted octanol–water partition coefficient (Wildman–Crippen LogP) is 3.91. The molecule has 0 bridgehead atoms. The monoisotopic (exact) mass is 390 g/mol. The summed E-state index contributed by atoms with van der Waals surface area (Å²) in [6.07, 6.45) is 3.57. The van der Waals surface area contributed by atoms with E-state index in [1.165, 1.54) is 0 Å². The van der Waals surface area contributed by atoms with E-state index in [9.17, 15) is 4.79 Å². The Morgan fingerprint density at radius 2 is 1.83 bits per heavy atom. The molecule has 2 aromatic carbocycles. The third kappa shape index (κ3) is 5.10. The number of H-pyrrole nitrogens is 1. The molecule has 2 N–H and O–H groups in total. The molecule has 3 aromatic rings. The summed E-state index contributed by atoms with van der Waals surface area (Å²) < 4.78 is 10.5. The molecule has 3 rings (SSSR count). The lowest BCUT2D eigenvalue weighted by Gasteiger charge is -2.08. The first-order valence-corrected chi connectivity index (χ1v) is 8.95. The topological polar surface area (TPSA) is 88.6 Å². The van der Waals surface area contributed by atoms with Crippen LogP contribution in [0.1, 0.15) is 23.0 Å². The molecule has 0 aliphatic rings. The minimum Gasteiger partial charge on any atom is -0.493 e. The number of benzene rings is 2. The van der Waals surface area contributed by atoms with Gasteiger partial charge in [-0.3, -0.25) is 9.89 Å². The molecule has 29 heavy (non-hydrogen) atoms. The number of allylic oxidation sites excluding steroid dienone is 1. The number of rotatable bonds is 7. The molecule has 1 amide bonds. The van der Waals surface area contributed by atoms with Crippen molar-refractivity contribution in [2.45, 2.75) is 6.92 Å². The van der Waals surface area contributed by atoms with Gasteiger partial charge in [-0.2, -0.15) is 10.2 Å². The number of hydrogen-bond donors (Lipinski definition) is 2. The highest BCUT2D eigenvalue weighted by Crippen LogP contribution is 2.31. The predicted molar refractivity (Wildman–Crippen MR) is 113 cm³/mol. The molecule has 0 fully saturated rings. The van der Waals surface area contributed by atoms with Crippen LogP contribution >= 0.6 is 0 Å². The van der Waals surface area contributed by atoms with E-state index in [1.807, 2.05) is 49.4 Å². The number of methoxy groups -OCH3 is 2. The van der Waals surface area contributed by atoms with Gasteiger partial charge >= 0.3 is 0 Å². The van der Waals surface area contributed by atoms with Gasteiger partial charge < -0.3 is 9.47 Å². The van der Waals surface area contributed by atoms with Gasteiger partial charge in [-0.05, 0) is 42.3 Å². The van der Waals surface area contributed by atoms with Gasteiger partial charge in [-0.25, -0.2) is 5.43 Å². The maximum Gasteiger partial charge on any atom is 0.289 e. The van der Waals surface area contributed by atoms with Crippen molar-refractivity contribution in [3.05, 3.63) is 71.4 Å². The number of hydrazone groups is 1. The van der Waals surface area contributed by atoms with Gasteiger partial charge in [0.05, 0.1) is 26.1 Å². The van der Waals surface area contributed by atoms with Crippen LogP contribution in [0, 0.1) is 0 Å². The second kappa shape index (κ2) is 9.36. The van der Waals surface area contributed by atoms with E-state index >= 15 is 0 Å². The number of nitrogens with one attached hydrogen (secondary N) is 2. The fourth-order valence-electron chi connectivity index (χ4n) is 2.68. The second-order valence-corrected chi connectivity index (χ2v) is 6.23. The Hall–Kier alpha value is -3.87. The molecule has 0 aliphatic carbocycles. The molecule has 148 valence electrons. The standard InChI is InChI=1S/C22H22N4O3/c1-15(11-16-7-5-4-6-8-16)14-23-26-22(27)19-13-18(24-25-19)17-9-10-20(28-2)21(12-17)29-3/h4-14H,1-3H3,(H,24,25)(H,26,27)/b15-11+,23-14-. The van der Waals surface area contributed by atoms with Crippen molar-refractivity contribution in [1.82, 2.24) is 15.6 Å². The van der Waals surface area contributed by atoms with Crippen molar-refractivity contribution in [3.63, 3.8) is 0 Å².